The van der Waals surface area contributed by atoms with Crippen molar-refractivity contribution < 1.29 is 17.9 Å². The lowest BCUT2D eigenvalue weighted by molar-refractivity contribution is 0.126. The van der Waals surface area contributed by atoms with Crippen LogP contribution in [0.3, 0.4) is 0 Å². The van der Waals surface area contributed by atoms with E-state index in [-0.39, 0.29) is 11.4 Å². The van der Waals surface area contributed by atoms with Gasteiger partial charge in [-0.2, -0.15) is 0 Å². The average Bonchev–Trinajstić information content (AvgIpc) is 2.55. The molecule has 23 heavy (non-hydrogen) atoms. The van der Waals surface area contributed by atoms with E-state index in [9.17, 15) is 8.42 Å². The maximum Gasteiger partial charge on any atom is 0.240 e. The Morgan fingerprint density at radius 1 is 1.13 bits per heavy atom. The second kappa shape index (κ2) is 8.44. The fourth-order valence-electron chi connectivity index (χ4n) is 1.91. The van der Waals surface area contributed by atoms with Crippen LogP contribution in [0.2, 0.25) is 0 Å². The zero-order valence-corrected chi connectivity index (χ0v) is 15.1. The van der Waals surface area contributed by atoms with Crippen LogP contribution in [0.4, 0.5) is 0 Å². The molecular weight excluding hydrogens is 382 g/mol. The van der Waals surface area contributed by atoms with E-state index in [2.05, 4.69) is 20.7 Å². The second-order valence-corrected chi connectivity index (χ2v) is 7.35. The molecule has 2 aromatic rings. The van der Waals surface area contributed by atoms with Gasteiger partial charge in [0, 0.05) is 6.54 Å². The van der Waals surface area contributed by atoms with Crippen molar-refractivity contribution in [3.05, 3.63) is 58.6 Å². The third-order valence-electron chi connectivity index (χ3n) is 3.08. The summed E-state index contributed by atoms with van der Waals surface area (Å²) in [6.07, 6.45) is 0. The third kappa shape index (κ3) is 5.31. The Bertz CT molecular complexity index is 735. The molecule has 0 unspecified atom stereocenters. The van der Waals surface area contributed by atoms with Gasteiger partial charge in [-0.05, 0) is 39.7 Å². The summed E-state index contributed by atoms with van der Waals surface area (Å²) < 4.78 is 38.0. The van der Waals surface area contributed by atoms with Crippen molar-refractivity contribution in [2.75, 3.05) is 20.3 Å². The maximum absolute atomic E-state index is 12.2. The van der Waals surface area contributed by atoms with Crippen molar-refractivity contribution in [1.29, 1.82) is 0 Å². The lowest BCUT2D eigenvalue weighted by Crippen LogP contribution is -2.27. The summed E-state index contributed by atoms with van der Waals surface area (Å²) in [4.78, 5) is 0.174. The Labute approximate surface area is 144 Å². The largest absolute Gasteiger partial charge is 0.496 e. The molecule has 124 valence electrons. The molecule has 0 spiro atoms. The predicted molar refractivity (Wildman–Crippen MR) is 92.0 cm³/mol. The van der Waals surface area contributed by atoms with Crippen LogP contribution in [0.15, 0.2) is 57.9 Å². The highest BCUT2D eigenvalue weighted by Gasteiger charge is 2.15. The van der Waals surface area contributed by atoms with Crippen LogP contribution < -0.4 is 9.46 Å². The van der Waals surface area contributed by atoms with Gasteiger partial charge in [-0.25, -0.2) is 13.1 Å². The Balaban J connectivity index is 1.83. The van der Waals surface area contributed by atoms with Crippen LogP contribution in [-0.2, 0) is 21.4 Å². The minimum atomic E-state index is -3.57. The predicted octanol–water partition coefficient (Wildman–Crippen LogP) is 2.95. The summed E-state index contributed by atoms with van der Waals surface area (Å²) in [5, 5.41) is 0. The van der Waals surface area contributed by atoms with Gasteiger partial charge >= 0.3 is 0 Å². The fourth-order valence-corrected chi connectivity index (χ4v) is 3.64. The van der Waals surface area contributed by atoms with E-state index in [1.54, 1.807) is 6.07 Å². The first-order valence-corrected chi connectivity index (χ1v) is 9.25. The van der Waals surface area contributed by atoms with Crippen molar-refractivity contribution in [3.8, 4) is 5.75 Å². The number of rotatable bonds is 8. The molecule has 2 aromatic carbocycles. The fraction of sp³-hybridized carbons (Fsp3) is 0.250. The highest BCUT2D eigenvalue weighted by molar-refractivity contribution is 9.10. The highest BCUT2D eigenvalue weighted by Crippen LogP contribution is 2.27. The molecule has 0 aromatic heterocycles. The van der Waals surface area contributed by atoms with Gasteiger partial charge in [0.05, 0.1) is 29.7 Å². The van der Waals surface area contributed by atoms with Crippen molar-refractivity contribution in [2.24, 2.45) is 0 Å². The molecule has 0 aliphatic carbocycles. The number of ether oxygens (including phenoxy) is 2. The average molecular weight is 400 g/mol. The van der Waals surface area contributed by atoms with Crippen molar-refractivity contribution in [3.63, 3.8) is 0 Å². The highest BCUT2D eigenvalue weighted by atomic mass is 79.9. The van der Waals surface area contributed by atoms with Crippen LogP contribution in [-0.4, -0.2) is 28.7 Å². The van der Waals surface area contributed by atoms with E-state index in [0.717, 1.165) is 5.56 Å². The van der Waals surface area contributed by atoms with Gasteiger partial charge in [-0.3, -0.25) is 0 Å². The molecule has 0 bridgehead atoms. The van der Waals surface area contributed by atoms with Gasteiger partial charge in [-0.15, -0.1) is 0 Å². The van der Waals surface area contributed by atoms with Crippen molar-refractivity contribution in [1.82, 2.24) is 4.72 Å². The Morgan fingerprint density at radius 3 is 2.52 bits per heavy atom. The van der Waals surface area contributed by atoms with Gasteiger partial charge in [0.15, 0.2) is 0 Å². The summed E-state index contributed by atoms with van der Waals surface area (Å²) in [5.41, 5.74) is 1.05. The molecular formula is C16H18BrNO4S. The number of sulfonamides is 1. The van der Waals surface area contributed by atoms with Crippen LogP contribution in [0, 0.1) is 0 Å². The first-order chi connectivity index (χ1) is 11.0. The van der Waals surface area contributed by atoms with Crippen LogP contribution >= 0.6 is 15.9 Å². The molecule has 0 heterocycles. The summed E-state index contributed by atoms with van der Waals surface area (Å²) in [5.74, 6) is 0.579. The standard InChI is InChI=1S/C16H18BrNO4S/c1-21-16-8-7-14(11-15(16)17)23(19,20)18-9-10-22-12-13-5-3-2-4-6-13/h2-8,11,18H,9-10,12H2,1H3. The molecule has 0 amide bonds. The van der Waals surface area contributed by atoms with Gasteiger partial charge < -0.3 is 9.47 Å². The molecule has 0 aliphatic heterocycles. The van der Waals surface area contributed by atoms with Crippen molar-refractivity contribution >= 4 is 26.0 Å². The van der Waals surface area contributed by atoms with Crippen LogP contribution in [0.5, 0.6) is 5.75 Å². The number of methoxy groups -OCH3 is 1. The molecule has 0 radical (unpaired) electrons. The maximum atomic E-state index is 12.2. The molecule has 2 rings (SSSR count). The van der Waals surface area contributed by atoms with Gasteiger partial charge in [-0.1, -0.05) is 30.3 Å². The van der Waals surface area contributed by atoms with Gasteiger partial charge in [0.25, 0.3) is 0 Å². The summed E-state index contributed by atoms with van der Waals surface area (Å²) in [6.45, 7) is 0.959. The molecule has 0 fully saturated rings. The third-order valence-corrected chi connectivity index (χ3v) is 5.16. The molecule has 0 saturated carbocycles. The second-order valence-electron chi connectivity index (χ2n) is 4.73. The lowest BCUT2D eigenvalue weighted by Gasteiger charge is -2.09. The van der Waals surface area contributed by atoms with Crippen LogP contribution in [0.1, 0.15) is 5.56 Å². The zero-order valence-electron chi connectivity index (χ0n) is 12.7. The van der Waals surface area contributed by atoms with Crippen molar-refractivity contribution in [2.45, 2.75) is 11.5 Å². The molecule has 0 aliphatic rings. The monoisotopic (exact) mass is 399 g/mol. The molecule has 7 heteroatoms. The number of hydrogen-bond acceptors (Lipinski definition) is 4. The van der Waals surface area contributed by atoms with E-state index < -0.39 is 10.0 Å². The van der Waals surface area contributed by atoms with Gasteiger partial charge in [0.1, 0.15) is 5.75 Å². The number of hydrogen-bond donors (Lipinski definition) is 1. The topological polar surface area (TPSA) is 64.6 Å². The lowest BCUT2D eigenvalue weighted by atomic mass is 10.2. The minimum absolute atomic E-state index is 0.174. The SMILES string of the molecule is COc1ccc(S(=O)(=O)NCCOCc2ccccc2)cc1Br. The number of nitrogens with one attached hydrogen (secondary N) is 1. The van der Waals surface area contributed by atoms with Crippen LogP contribution in [0.25, 0.3) is 0 Å². The smallest absolute Gasteiger partial charge is 0.240 e. The zero-order chi connectivity index (χ0) is 16.7. The summed E-state index contributed by atoms with van der Waals surface area (Å²) >= 11 is 3.28. The van der Waals surface area contributed by atoms with E-state index in [1.807, 2.05) is 30.3 Å². The summed E-state index contributed by atoms with van der Waals surface area (Å²) in [7, 11) is -2.04. The molecule has 0 saturated heterocycles. The molecule has 0 atom stereocenters. The number of halogens is 1. The van der Waals surface area contributed by atoms with E-state index in [1.165, 1.54) is 19.2 Å². The Kier molecular flexibility index (Phi) is 6.59. The quantitative estimate of drug-likeness (QED) is 0.693. The first-order valence-electron chi connectivity index (χ1n) is 6.98. The Hall–Kier alpha value is -1.41. The summed E-state index contributed by atoms with van der Waals surface area (Å²) in [6, 6.07) is 14.3. The first kappa shape index (κ1) is 17.9. The minimum Gasteiger partial charge on any atom is -0.496 e. The van der Waals surface area contributed by atoms with Gasteiger partial charge in [0.2, 0.25) is 10.0 Å². The molecule has 1 N–H and O–H groups in total. The van der Waals surface area contributed by atoms with E-state index in [4.69, 9.17) is 9.47 Å². The normalized spacial score (nSPS) is 11.4. The van der Waals surface area contributed by atoms with E-state index in [0.29, 0.717) is 23.4 Å². The Morgan fingerprint density at radius 2 is 1.87 bits per heavy atom. The molecule has 5 nitrogen and oxygen atoms in total. The number of benzene rings is 2. The van der Waals surface area contributed by atoms with E-state index >= 15 is 0 Å².